The van der Waals surface area contributed by atoms with Crippen molar-refractivity contribution in [3.63, 3.8) is 0 Å². The van der Waals surface area contributed by atoms with Crippen LogP contribution < -0.4 is 0 Å². The van der Waals surface area contributed by atoms with Crippen molar-refractivity contribution in [2.45, 2.75) is 37.3 Å². The summed E-state index contributed by atoms with van der Waals surface area (Å²) < 4.78 is 21.5. The first-order valence-corrected chi connectivity index (χ1v) is 13.0. The number of carboxylic acids is 1. The van der Waals surface area contributed by atoms with Gasteiger partial charge in [0.2, 0.25) is 0 Å². The number of ether oxygens (including phenoxy) is 1. The van der Waals surface area contributed by atoms with Crippen LogP contribution in [0.3, 0.4) is 0 Å². The van der Waals surface area contributed by atoms with Gasteiger partial charge >= 0.3 is 5.97 Å². The standard InChI is InChI=1S/C27H31FN2O4S/c28-23-8-4-7-22(15-23)25-26(21-5-2-1-3-6-21)29-30(27(25)35-14-13-31)16-19-9-11-20(12-10-19)17-34-18-24(32)33/h1-8,15,19-20,31H,9-14,16-18H2,(H,32,33). The van der Waals surface area contributed by atoms with Crippen molar-refractivity contribution in [2.75, 3.05) is 25.6 Å². The quantitative estimate of drug-likeness (QED) is 0.347. The molecule has 1 aliphatic carbocycles. The van der Waals surface area contributed by atoms with Gasteiger partial charge in [0.15, 0.2) is 0 Å². The van der Waals surface area contributed by atoms with Gasteiger partial charge in [0, 0.05) is 23.4 Å². The molecule has 4 rings (SSSR count). The van der Waals surface area contributed by atoms with Crippen LogP contribution in [0.4, 0.5) is 4.39 Å². The van der Waals surface area contributed by atoms with Crippen molar-refractivity contribution in [2.24, 2.45) is 11.8 Å². The second-order valence-electron chi connectivity index (χ2n) is 8.95. The second-order valence-corrected chi connectivity index (χ2v) is 10.0. The van der Waals surface area contributed by atoms with Crippen molar-refractivity contribution in [3.05, 3.63) is 60.4 Å². The third kappa shape index (κ3) is 6.72. The van der Waals surface area contributed by atoms with E-state index in [9.17, 15) is 14.3 Å². The Morgan fingerprint density at radius 2 is 1.77 bits per heavy atom. The van der Waals surface area contributed by atoms with E-state index in [1.807, 2.05) is 41.1 Å². The van der Waals surface area contributed by atoms with Crippen molar-refractivity contribution >= 4 is 17.7 Å². The molecule has 0 aliphatic heterocycles. The average molecular weight is 499 g/mol. The number of aliphatic hydroxyl groups is 1. The fourth-order valence-electron chi connectivity index (χ4n) is 4.70. The Kier molecular flexibility index (Phi) is 8.95. The van der Waals surface area contributed by atoms with E-state index in [0.29, 0.717) is 24.2 Å². The number of thioether (sulfide) groups is 1. The molecule has 0 saturated heterocycles. The van der Waals surface area contributed by atoms with Crippen LogP contribution >= 0.6 is 11.8 Å². The lowest BCUT2D eigenvalue weighted by Crippen LogP contribution is -2.23. The van der Waals surface area contributed by atoms with Crippen molar-refractivity contribution in [1.82, 2.24) is 9.78 Å². The van der Waals surface area contributed by atoms with Crippen LogP contribution in [-0.2, 0) is 16.1 Å². The Morgan fingerprint density at radius 3 is 2.46 bits per heavy atom. The Balaban J connectivity index is 1.60. The van der Waals surface area contributed by atoms with Gasteiger partial charge in [-0.25, -0.2) is 9.18 Å². The maximum Gasteiger partial charge on any atom is 0.329 e. The zero-order valence-corrected chi connectivity index (χ0v) is 20.4. The Morgan fingerprint density at radius 1 is 1.06 bits per heavy atom. The van der Waals surface area contributed by atoms with Crippen molar-refractivity contribution in [3.8, 4) is 22.4 Å². The smallest absolute Gasteiger partial charge is 0.329 e. The average Bonchev–Trinajstić information content (AvgIpc) is 3.22. The highest BCUT2D eigenvalue weighted by molar-refractivity contribution is 7.99. The van der Waals surface area contributed by atoms with Gasteiger partial charge in [-0.2, -0.15) is 5.10 Å². The summed E-state index contributed by atoms with van der Waals surface area (Å²) in [6.07, 6.45) is 4.02. The van der Waals surface area contributed by atoms with Crippen LogP contribution in [0.15, 0.2) is 59.6 Å². The maximum atomic E-state index is 14.2. The molecule has 0 unspecified atom stereocenters. The highest BCUT2D eigenvalue weighted by Crippen LogP contribution is 2.41. The van der Waals surface area contributed by atoms with Crippen molar-refractivity contribution in [1.29, 1.82) is 0 Å². The predicted molar refractivity (Wildman–Crippen MR) is 135 cm³/mol. The third-order valence-corrected chi connectivity index (χ3v) is 7.45. The molecule has 1 aromatic heterocycles. The van der Waals surface area contributed by atoms with Gasteiger partial charge in [-0.1, -0.05) is 42.5 Å². The van der Waals surface area contributed by atoms with E-state index < -0.39 is 5.97 Å². The fraction of sp³-hybridized carbons (Fsp3) is 0.407. The Bertz CT molecular complexity index is 1110. The number of carbonyl (C=O) groups is 1. The SMILES string of the molecule is O=C(O)COCC1CCC(Cn2nc(-c3ccccc3)c(-c3cccc(F)c3)c2SCCO)CC1. The first-order valence-electron chi connectivity index (χ1n) is 12.0. The fourth-order valence-corrected chi connectivity index (χ4v) is 5.61. The zero-order valence-electron chi connectivity index (χ0n) is 19.6. The van der Waals surface area contributed by atoms with E-state index in [1.54, 1.807) is 23.9 Å². The normalized spacial score (nSPS) is 18.0. The molecular weight excluding hydrogens is 467 g/mol. The molecular formula is C27H31FN2O4S. The summed E-state index contributed by atoms with van der Waals surface area (Å²) in [4.78, 5) is 10.7. The van der Waals surface area contributed by atoms with E-state index >= 15 is 0 Å². The van der Waals surface area contributed by atoms with Crippen molar-refractivity contribution < 1.29 is 24.1 Å². The molecule has 35 heavy (non-hydrogen) atoms. The van der Waals surface area contributed by atoms with Gasteiger partial charge in [0.05, 0.1) is 13.2 Å². The molecule has 186 valence electrons. The van der Waals surface area contributed by atoms with Crippen LogP contribution in [0.2, 0.25) is 0 Å². The van der Waals surface area contributed by atoms with Crippen LogP contribution in [0, 0.1) is 17.7 Å². The van der Waals surface area contributed by atoms with Gasteiger partial charge in [-0.3, -0.25) is 4.68 Å². The molecule has 6 nitrogen and oxygen atoms in total. The summed E-state index contributed by atoms with van der Waals surface area (Å²) >= 11 is 1.55. The number of nitrogens with zero attached hydrogens (tertiary/aromatic N) is 2. The molecule has 2 N–H and O–H groups in total. The lowest BCUT2D eigenvalue weighted by atomic mass is 9.82. The highest BCUT2D eigenvalue weighted by atomic mass is 32.2. The number of aromatic nitrogens is 2. The predicted octanol–water partition coefficient (Wildman–Crippen LogP) is 5.35. The lowest BCUT2D eigenvalue weighted by Gasteiger charge is -2.28. The number of hydrogen-bond acceptors (Lipinski definition) is 5. The monoisotopic (exact) mass is 498 g/mol. The molecule has 1 heterocycles. The summed E-state index contributed by atoms with van der Waals surface area (Å²) in [6, 6.07) is 16.5. The molecule has 1 saturated carbocycles. The minimum atomic E-state index is -0.936. The van der Waals surface area contributed by atoms with Crippen LogP contribution in [-0.4, -0.2) is 51.5 Å². The number of carboxylic acid groups (broad SMARTS) is 1. The number of halogens is 1. The maximum absolute atomic E-state index is 14.2. The molecule has 0 atom stereocenters. The van der Waals surface area contributed by atoms with Crippen LogP contribution in [0.5, 0.6) is 0 Å². The van der Waals surface area contributed by atoms with E-state index in [0.717, 1.165) is 59.6 Å². The molecule has 0 amide bonds. The molecule has 1 aliphatic rings. The molecule has 1 fully saturated rings. The highest BCUT2D eigenvalue weighted by Gasteiger charge is 2.26. The van der Waals surface area contributed by atoms with E-state index in [4.69, 9.17) is 14.9 Å². The van der Waals surface area contributed by atoms with E-state index in [1.165, 1.54) is 6.07 Å². The van der Waals surface area contributed by atoms with Gasteiger partial charge in [-0.05, 0) is 55.2 Å². The van der Waals surface area contributed by atoms with Gasteiger partial charge in [-0.15, -0.1) is 11.8 Å². The molecule has 0 spiro atoms. The molecule has 3 aromatic rings. The first kappa shape index (κ1) is 25.4. The zero-order chi connectivity index (χ0) is 24.6. The largest absolute Gasteiger partial charge is 0.480 e. The first-order chi connectivity index (χ1) is 17.0. The second kappa shape index (κ2) is 12.3. The topological polar surface area (TPSA) is 84.6 Å². The van der Waals surface area contributed by atoms with Gasteiger partial charge in [0.1, 0.15) is 23.1 Å². The molecule has 2 aromatic carbocycles. The summed E-state index contributed by atoms with van der Waals surface area (Å²) in [5, 5.41) is 24.3. The Labute approximate surface area is 209 Å². The summed E-state index contributed by atoms with van der Waals surface area (Å²) in [6.45, 7) is 1.02. The minimum Gasteiger partial charge on any atom is -0.480 e. The van der Waals surface area contributed by atoms with Gasteiger partial charge in [0.25, 0.3) is 0 Å². The lowest BCUT2D eigenvalue weighted by molar-refractivity contribution is -0.142. The number of aliphatic hydroxyl groups excluding tert-OH is 1. The summed E-state index contributed by atoms with van der Waals surface area (Å²) in [5.41, 5.74) is 3.45. The van der Waals surface area contributed by atoms with Crippen LogP contribution in [0.1, 0.15) is 25.7 Å². The van der Waals surface area contributed by atoms with Gasteiger partial charge < -0.3 is 14.9 Å². The summed E-state index contributed by atoms with van der Waals surface area (Å²) in [7, 11) is 0. The number of benzene rings is 2. The third-order valence-electron chi connectivity index (χ3n) is 6.37. The number of hydrogen-bond donors (Lipinski definition) is 2. The number of rotatable bonds is 11. The minimum absolute atomic E-state index is 0.0422. The van der Waals surface area contributed by atoms with E-state index in [2.05, 4.69) is 0 Å². The number of aliphatic carboxylic acids is 1. The molecule has 8 heteroatoms. The molecule has 0 radical (unpaired) electrons. The molecule has 0 bridgehead atoms. The summed E-state index contributed by atoms with van der Waals surface area (Å²) in [5.74, 6) is 0.109. The van der Waals surface area contributed by atoms with E-state index in [-0.39, 0.29) is 19.0 Å². The Hall–Kier alpha value is -2.68. The van der Waals surface area contributed by atoms with Crippen LogP contribution in [0.25, 0.3) is 22.4 Å².